The molecule has 4 heteroatoms. The number of halogens is 2. The Labute approximate surface area is 93.7 Å². The Bertz CT molecular complexity index is 234. The van der Waals surface area contributed by atoms with Crippen molar-refractivity contribution in [1.82, 2.24) is 0 Å². The molecule has 0 aromatic rings. The van der Waals surface area contributed by atoms with Crippen LogP contribution in [0.5, 0.6) is 0 Å². The van der Waals surface area contributed by atoms with Crippen LogP contribution in [0.15, 0.2) is 0 Å². The van der Waals surface area contributed by atoms with Gasteiger partial charge in [-0.15, -0.1) is 0 Å². The van der Waals surface area contributed by atoms with Crippen LogP contribution in [0.3, 0.4) is 0 Å². The number of Topliss-reactive ketones (excluding diaryl/α,β-unsaturated/α-hetero) is 2. The van der Waals surface area contributed by atoms with E-state index in [4.69, 9.17) is 0 Å². The van der Waals surface area contributed by atoms with E-state index in [0.717, 1.165) is 6.42 Å². The lowest BCUT2D eigenvalue weighted by Gasteiger charge is -2.36. The number of rotatable bonds is 0. The molecule has 0 amide bonds. The third kappa shape index (κ3) is 1.63. The van der Waals surface area contributed by atoms with E-state index in [9.17, 15) is 9.59 Å². The van der Waals surface area contributed by atoms with Crippen LogP contribution in [-0.2, 0) is 9.59 Å². The maximum Gasteiger partial charge on any atom is 0.149 e. The summed E-state index contributed by atoms with van der Waals surface area (Å²) in [6, 6.07) is 0. The number of ketones is 2. The summed E-state index contributed by atoms with van der Waals surface area (Å²) in [5, 5.41) is 0. The van der Waals surface area contributed by atoms with Crippen molar-refractivity contribution < 1.29 is 9.59 Å². The van der Waals surface area contributed by atoms with Crippen LogP contribution in [0, 0.1) is 11.8 Å². The van der Waals surface area contributed by atoms with E-state index >= 15 is 0 Å². The number of carbonyl (C=O) groups is 2. The van der Waals surface area contributed by atoms with E-state index in [1.54, 1.807) is 0 Å². The van der Waals surface area contributed by atoms with E-state index < -0.39 is 0 Å². The summed E-state index contributed by atoms with van der Waals surface area (Å²) in [5.74, 6) is 0.775. The van der Waals surface area contributed by atoms with Gasteiger partial charge in [-0.05, 0) is 19.3 Å². The summed E-state index contributed by atoms with van der Waals surface area (Å²) in [6.07, 6.45) is 2.16. The molecule has 0 spiro atoms. The van der Waals surface area contributed by atoms with Gasteiger partial charge in [-0.3, -0.25) is 9.59 Å². The Morgan fingerprint density at radius 3 is 1.62 bits per heavy atom. The molecule has 0 N–H and O–H groups in total. The zero-order valence-electron chi connectivity index (χ0n) is 7.00. The minimum absolute atomic E-state index is 0.0831. The van der Waals surface area contributed by atoms with Gasteiger partial charge in [0.25, 0.3) is 0 Å². The van der Waals surface area contributed by atoms with Crippen LogP contribution >= 0.6 is 31.9 Å². The Kier molecular flexibility index (Phi) is 2.62. The lowest BCUT2D eigenvalue weighted by atomic mass is 9.71. The minimum Gasteiger partial charge on any atom is -0.298 e. The molecule has 2 rings (SSSR count). The summed E-state index contributed by atoms with van der Waals surface area (Å²) >= 11 is 6.68. The molecule has 2 aliphatic carbocycles. The third-order valence-corrected chi connectivity index (χ3v) is 4.62. The summed E-state index contributed by atoms with van der Waals surface area (Å²) in [5.41, 5.74) is 0. The molecule has 0 aromatic carbocycles. The molecule has 0 aliphatic heterocycles. The number of hydrogen-bond donors (Lipinski definition) is 0. The van der Waals surface area contributed by atoms with Crippen molar-refractivity contribution in [2.45, 2.75) is 28.9 Å². The van der Waals surface area contributed by atoms with Crippen molar-refractivity contribution in [3.63, 3.8) is 0 Å². The van der Waals surface area contributed by atoms with Gasteiger partial charge in [0.1, 0.15) is 11.6 Å². The smallest absolute Gasteiger partial charge is 0.149 e. The molecule has 2 nitrogen and oxygen atoms in total. The van der Waals surface area contributed by atoms with Crippen LogP contribution in [0.1, 0.15) is 19.3 Å². The topological polar surface area (TPSA) is 34.1 Å². The molecule has 2 saturated carbocycles. The summed E-state index contributed by atoms with van der Waals surface area (Å²) in [4.78, 5) is 23.1. The molecular formula is C9H10Br2O2. The minimum atomic E-state index is -0.0831. The monoisotopic (exact) mass is 308 g/mol. The maximum atomic E-state index is 11.6. The molecule has 0 radical (unpaired) electrons. The van der Waals surface area contributed by atoms with Gasteiger partial charge in [0.15, 0.2) is 0 Å². The molecule has 13 heavy (non-hydrogen) atoms. The zero-order valence-corrected chi connectivity index (χ0v) is 10.2. The van der Waals surface area contributed by atoms with E-state index in [-0.39, 0.29) is 33.1 Å². The second kappa shape index (κ2) is 3.46. The third-order valence-electron chi connectivity index (χ3n) is 2.97. The molecular weight excluding hydrogens is 300 g/mol. The van der Waals surface area contributed by atoms with Gasteiger partial charge in [0.2, 0.25) is 0 Å². The molecule has 2 aliphatic rings. The number of carbonyl (C=O) groups excluding carboxylic acids is 2. The molecule has 0 heterocycles. The molecule has 0 unspecified atom stereocenters. The van der Waals surface area contributed by atoms with Crippen molar-refractivity contribution >= 4 is 43.4 Å². The van der Waals surface area contributed by atoms with E-state index in [0.29, 0.717) is 12.8 Å². The first-order valence-electron chi connectivity index (χ1n) is 4.45. The summed E-state index contributed by atoms with van der Waals surface area (Å²) < 4.78 is 0. The van der Waals surface area contributed by atoms with Gasteiger partial charge in [-0.2, -0.15) is 0 Å². The summed E-state index contributed by atoms with van der Waals surface area (Å²) in [6.45, 7) is 0. The van der Waals surface area contributed by atoms with Crippen molar-refractivity contribution in [2.24, 2.45) is 11.8 Å². The van der Waals surface area contributed by atoms with Crippen LogP contribution in [0.25, 0.3) is 0 Å². The lowest BCUT2D eigenvalue weighted by Crippen LogP contribution is -2.45. The molecule has 2 bridgehead atoms. The Morgan fingerprint density at radius 2 is 1.23 bits per heavy atom. The number of fused-ring (bicyclic) bond motifs is 2. The highest BCUT2D eigenvalue weighted by molar-refractivity contribution is 9.10. The van der Waals surface area contributed by atoms with Gasteiger partial charge in [-0.25, -0.2) is 0 Å². The Hall–Kier alpha value is 0.300. The fraction of sp³-hybridized carbons (Fsp3) is 0.778. The van der Waals surface area contributed by atoms with Crippen molar-refractivity contribution in [3.05, 3.63) is 0 Å². The summed E-state index contributed by atoms with van der Waals surface area (Å²) in [7, 11) is 0. The van der Waals surface area contributed by atoms with E-state index in [1.165, 1.54) is 0 Å². The van der Waals surface area contributed by atoms with Gasteiger partial charge in [-0.1, -0.05) is 31.9 Å². The SMILES string of the molecule is O=C1[C@@H]2C[C@H](C[C@H]1Br)C(=O)[C@@H](Br)C2. The van der Waals surface area contributed by atoms with Gasteiger partial charge in [0.05, 0.1) is 9.65 Å². The van der Waals surface area contributed by atoms with E-state index in [2.05, 4.69) is 31.9 Å². The Morgan fingerprint density at radius 1 is 0.846 bits per heavy atom. The first-order chi connectivity index (χ1) is 6.09. The first-order valence-corrected chi connectivity index (χ1v) is 6.28. The number of alkyl halides is 2. The normalized spacial score (nSPS) is 45.1. The molecule has 0 saturated heterocycles. The van der Waals surface area contributed by atoms with Crippen molar-refractivity contribution in [3.8, 4) is 0 Å². The number of hydrogen-bond acceptors (Lipinski definition) is 2. The second-order valence-corrected chi connectivity index (χ2v) is 6.05. The highest BCUT2D eigenvalue weighted by atomic mass is 79.9. The van der Waals surface area contributed by atoms with Gasteiger partial charge in [0, 0.05) is 11.8 Å². The molecule has 72 valence electrons. The van der Waals surface area contributed by atoms with Crippen molar-refractivity contribution in [2.75, 3.05) is 0 Å². The zero-order chi connectivity index (χ0) is 9.59. The Balaban J connectivity index is 2.21. The highest BCUT2D eigenvalue weighted by Crippen LogP contribution is 2.40. The predicted octanol–water partition coefficient (Wildman–Crippen LogP) is 2.08. The lowest BCUT2D eigenvalue weighted by molar-refractivity contribution is -0.133. The second-order valence-electron chi connectivity index (χ2n) is 3.84. The fourth-order valence-corrected chi connectivity index (χ4v) is 3.89. The first kappa shape index (κ1) is 9.84. The van der Waals surface area contributed by atoms with Crippen LogP contribution < -0.4 is 0 Å². The predicted molar refractivity (Wildman–Crippen MR) is 56.3 cm³/mol. The van der Waals surface area contributed by atoms with Crippen LogP contribution in [-0.4, -0.2) is 21.2 Å². The van der Waals surface area contributed by atoms with Crippen molar-refractivity contribution in [1.29, 1.82) is 0 Å². The quantitative estimate of drug-likeness (QED) is 0.642. The molecule has 0 aromatic heterocycles. The maximum absolute atomic E-state index is 11.6. The van der Waals surface area contributed by atoms with Crippen LogP contribution in [0.4, 0.5) is 0 Å². The van der Waals surface area contributed by atoms with E-state index in [1.807, 2.05) is 0 Å². The van der Waals surface area contributed by atoms with Gasteiger partial charge < -0.3 is 0 Å². The van der Waals surface area contributed by atoms with Gasteiger partial charge >= 0.3 is 0 Å². The highest BCUT2D eigenvalue weighted by Gasteiger charge is 2.44. The average Bonchev–Trinajstić information content (AvgIpc) is 2.09. The fourth-order valence-electron chi connectivity index (χ4n) is 2.24. The average molecular weight is 310 g/mol. The molecule has 2 fully saturated rings. The largest absolute Gasteiger partial charge is 0.298 e. The molecule has 4 atom stereocenters. The van der Waals surface area contributed by atoms with Crippen LogP contribution in [0.2, 0.25) is 0 Å². The standard InChI is InChI=1S/C9H10Br2O2/c10-6-2-4-1-5(9(6)13)3-7(11)8(4)12/h4-7H,1-3H2/t4-,5-,6-,7+/m1/s1.